The largest absolute Gasteiger partial charge is 0.337 e. The zero-order chi connectivity index (χ0) is 21.1. The van der Waals surface area contributed by atoms with Gasteiger partial charge in [-0.05, 0) is 47.5 Å². The Morgan fingerprint density at radius 1 is 1.00 bits per heavy atom. The molecule has 0 bridgehead atoms. The van der Waals surface area contributed by atoms with E-state index in [2.05, 4.69) is 15.5 Å². The van der Waals surface area contributed by atoms with Crippen LogP contribution >= 0.6 is 23.2 Å². The molecule has 0 saturated heterocycles. The SMILES string of the molecule is O=C(Cc1ccccc1F)Nc1onc(-c2cc(Cl)cc(Cl)c2)c1-c1ccncc1. The first-order chi connectivity index (χ1) is 14.5. The molecule has 4 aromatic rings. The van der Waals surface area contributed by atoms with Crippen molar-refractivity contribution in [2.45, 2.75) is 6.42 Å². The molecular weight excluding hydrogens is 428 g/mol. The molecule has 1 N–H and O–H groups in total. The topological polar surface area (TPSA) is 68.0 Å². The van der Waals surface area contributed by atoms with Crippen molar-refractivity contribution in [1.29, 1.82) is 0 Å². The van der Waals surface area contributed by atoms with E-state index in [1.165, 1.54) is 6.07 Å². The third-order valence-electron chi connectivity index (χ3n) is 4.36. The van der Waals surface area contributed by atoms with E-state index >= 15 is 0 Å². The number of benzene rings is 2. The van der Waals surface area contributed by atoms with Crippen LogP contribution in [0.3, 0.4) is 0 Å². The first-order valence-electron chi connectivity index (χ1n) is 8.91. The van der Waals surface area contributed by atoms with Crippen LogP contribution in [-0.4, -0.2) is 16.0 Å². The van der Waals surface area contributed by atoms with E-state index in [1.807, 2.05) is 0 Å². The van der Waals surface area contributed by atoms with Crippen molar-refractivity contribution in [2.24, 2.45) is 0 Å². The van der Waals surface area contributed by atoms with Gasteiger partial charge in [0.05, 0.1) is 12.0 Å². The normalized spacial score (nSPS) is 10.8. The van der Waals surface area contributed by atoms with E-state index in [-0.39, 0.29) is 17.9 Å². The van der Waals surface area contributed by atoms with Crippen LogP contribution in [-0.2, 0) is 11.2 Å². The molecule has 0 aliphatic carbocycles. The van der Waals surface area contributed by atoms with Gasteiger partial charge in [0.1, 0.15) is 11.5 Å². The standard InChI is InChI=1S/C22H14Cl2FN3O2/c23-16-9-15(10-17(24)12-16)21-20(13-5-7-26-8-6-13)22(30-28-21)27-19(29)11-14-3-1-2-4-18(14)25/h1-10,12H,11H2,(H,27,29). The highest BCUT2D eigenvalue weighted by atomic mass is 35.5. The molecule has 5 nitrogen and oxygen atoms in total. The molecule has 1 amide bonds. The van der Waals surface area contributed by atoms with Gasteiger partial charge in [-0.2, -0.15) is 0 Å². The third-order valence-corrected chi connectivity index (χ3v) is 4.80. The van der Waals surface area contributed by atoms with Gasteiger partial charge < -0.3 is 4.52 Å². The molecule has 2 aromatic heterocycles. The molecule has 4 rings (SSSR count). The number of carbonyl (C=O) groups is 1. The highest BCUT2D eigenvalue weighted by molar-refractivity contribution is 6.35. The minimum Gasteiger partial charge on any atom is -0.337 e. The van der Waals surface area contributed by atoms with Gasteiger partial charge in [-0.15, -0.1) is 0 Å². The van der Waals surface area contributed by atoms with Crippen LogP contribution in [0.5, 0.6) is 0 Å². The Balaban J connectivity index is 1.72. The van der Waals surface area contributed by atoms with Gasteiger partial charge in [-0.3, -0.25) is 15.1 Å². The number of nitrogens with one attached hydrogen (secondary N) is 1. The van der Waals surface area contributed by atoms with Crippen molar-refractivity contribution in [1.82, 2.24) is 10.1 Å². The molecule has 0 atom stereocenters. The summed E-state index contributed by atoms with van der Waals surface area (Å²) in [6.07, 6.45) is 3.07. The lowest BCUT2D eigenvalue weighted by molar-refractivity contribution is -0.115. The number of hydrogen-bond acceptors (Lipinski definition) is 4. The number of hydrogen-bond donors (Lipinski definition) is 1. The van der Waals surface area contributed by atoms with Crippen molar-refractivity contribution >= 4 is 35.0 Å². The Labute approximate surface area is 181 Å². The lowest BCUT2D eigenvalue weighted by Gasteiger charge is -2.07. The van der Waals surface area contributed by atoms with Crippen molar-refractivity contribution in [3.05, 3.63) is 88.4 Å². The fraction of sp³-hybridized carbons (Fsp3) is 0.0455. The zero-order valence-electron chi connectivity index (χ0n) is 15.4. The first-order valence-corrected chi connectivity index (χ1v) is 9.66. The van der Waals surface area contributed by atoms with E-state index in [0.717, 1.165) is 5.56 Å². The Hall–Kier alpha value is -3.22. The molecule has 2 heterocycles. The van der Waals surface area contributed by atoms with Gasteiger partial charge in [0.2, 0.25) is 11.8 Å². The second-order valence-corrected chi connectivity index (χ2v) is 7.32. The number of halogens is 3. The Morgan fingerprint density at radius 2 is 1.70 bits per heavy atom. The second kappa shape index (κ2) is 8.65. The molecule has 0 spiro atoms. The van der Waals surface area contributed by atoms with E-state index in [0.29, 0.717) is 26.9 Å². The van der Waals surface area contributed by atoms with Crippen molar-refractivity contribution in [3.8, 4) is 22.4 Å². The number of nitrogens with zero attached hydrogens (tertiary/aromatic N) is 2. The average molecular weight is 442 g/mol. The molecule has 0 fully saturated rings. The van der Waals surface area contributed by atoms with Crippen LogP contribution < -0.4 is 5.32 Å². The quantitative estimate of drug-likeness (QED) is 0.410. The first kappa shape index (κ1) is 20.1. The molecule has 0 aliphatic rings. The Kier molecular flexibility index (Phi) is 5.79. The number of amides is 1. The van der Waals surface area contributed by atoms with Crippen molar-refractivity contribution in [2.75, 3.05) is 5.32 Å². The summed E-state index contributed by atoms with van der Waals surface area (Å²) in [4.78, 5) is 16.6. The number of anilines is 1. The third kappa shape index (κ3) is 4.35. The highest BCUT2D eigenvalue weighted by Gasteiger charge is 2.22. The summed E-state index contributed by atoms with van der Waals surface area (Å²) in [6.45, 7) is 0. The second-order valence-electron chi connectivity index (χ2n) is 6.45. The lowest BCUT2D eigenvalue weighted by Crippen LogP contribution is -2.15. The molecule has 2 aromatic carbocycles. The monoisotopic (exact) mass is 441 g/mol. The molecule has 0 aliphatic heterocycles. The van der Waals surface area contributed by atoms with Crippen LogP contribution in [0.2, 0.25) is 10.0 Å². The smallest absolute Gasteiger partial charge is 0.239 e. The Bertz CT molecular complexity index is 1190. The van der Waals surface area contributed by atoms with Gasteiger partial charge in [-0.25, -0.2) is 4.39 Å². The van der Waals surface area contributed by atoms with Gasteiger partial charge in [0.25, 0.3) is 0 Å². The van der Waals surface area contributed by atoms with Crippen LogP contribution in [0.25, 0.3) is 22.4 Å². The summed E-state index contributed by atoms with van der Waals surface area (Å²) in [6, 6.07) is 14.6. The van der Waals surface area contributed by atoms with Crippen molar-refractivity contribution in [3.63, 3.8) is 0 Å². The predicted molar refractivity (Wildman–Crippen MR) is 114 cm³/mol. The predicted octanol–water partition coefficient (Wildman–Crippen LogP) is 6.03. The van der Waals surface area contributed by atoms with Crippen molar-refractivity contribution < 1.29 is 13.7 Å². The van der Waals surface area contributed by atoms with E-state index in [4.69, 9.17) is 27.7 Å². The van der Waals surface area contributed by atoms with Gasteiger partial charge >= 0.3 is 0 Å². The van der Waals surface area contributed by atoms with Gasteiger partial charge in [0, 0.05) is 28.0 Å². The van der Waals surface area contributed by atoms with E-state index in [9.17, 15) is 9.18 Å². The lowest BCUT2D eigenvalue weighted by atomic mass is 10.0. The van der Waals surface area contributed by atoms with Crippen LogP contribution in [0.1, 0.15) is 5.56 Å². The maximum atomic E-state index is 13.9. The summed E-state index contributed by atoms with van der Waals surface area (Å²) >= 11 is 12.3. The summed E-state index contributed by atoms with van der Waals surface area (Å²) in [7, 11) is 0. The van der Waals surface area contributed by atoms with Gasteiger partial charge in [-0.1, -0.05) is 46.6 Å². The number of pyridine rings is 1. The summed E-state index contributed by atoms with van der Waals surface area (Å²) in [5.74, 6) is -0.760. The number of aromatic nitrogens is 2. The number of rotatable bonds is 5. The molecule has 150 valence electrons. The minimum absolute atomic E-state index is 0.133. The molecule has 0 unspecified atom stereocenters. The highest BCUT2D eigenvalue weighted by Crippen LogP contribution is 2.39. The Morgan fingerprint density at radius 3 is 2.40 bits per heavy atom. The molecule has 0 saturated carbocycles. The molecule has 30 heavy (non-hydrogen) atoms. The molecule has 8 heteroatoms. The van der Waals surface area contributed by atoms with Crippen LogP contribution in [0, 0.1) is 5.82 Å². The van der Waals surface area contributed by atoms with Crippen LogP contribution in [0.4, 0.5) is 10.3 Å². The summed E-state index contributed by atoms with van der Waals surface area (Å²) < 4.78 is 19.3. The van der Waals surface area contributed by atoms with E-state index in [1.54, 1.807) is 60.9 Å². The maximum absolute atomic E-state index is 13.9. The summed E-state index contributed by atoms with van der Waals surface area (Å²) in [5.41, 5.74) is 2.61. The fourth-order valence-corrected chi connectivity index (χ4v) is 3.56. The average Bonchev–Trinajstić information content (AvgIpc) is 3.13. The summed E-state index contributed by atoms with van der Waals surface area (Å²) in [5, 5.41) is 7.68. The minimum atomic E-state index is -0.450. The van der Waals surface area contributed by atoms with E-state index < -0.39 is 11.7 Å². The fourth-order valence-electron chi connectivity index (χ4n) is 3.03. The maximum Gasteiger partial charge on any atom is 0.239 e. The van der Waals surface area contributed by atoms with Gasteiger partial charge in [0.15, 0.2) is 0 Å². The van der Waals surface area contributed by atoms with Crippen LogP contribution in [0.15, 0.2) is 71.5 Å². The molecular formula is C22H14Cl2FN3O2. The molecule has 0 radical (unpaired) electrons. The number of carbonyl (C=O) groups excluding carboxylic acids is 1. The zero-order valence-corrected chi connectivity index (χ0v) is 16.9.